The van der Waals surface area contributed by atoms with Crippen LogP contribution in [0.5, 0.6) is 0 Å². The summed E-state index contributed by atoms with van der Waals surface area (Å²) in [7, 11) is 0. The number of rotatable bonds is 7. The van der Waals surface area contributed by atoms with Crippen molar-refractivity contribution in [1.29, 1.82) is 0 Å². The van der Waals surface area contributed by atoms with E-state index in [1.54, 1.807) is 18.3 Å². The molecule has 0 radical (unpaired) electrons. The zero-order chi connectivity index (χ0) is 15.2. The first-order valence-electron chi connectivity index (χ1n) is 6.15. The fourth-order valence-corrected chi connectivity index (χ4v) is 2.93. The molecular weight excluding hydrogens is 295 g/mol. The lowest BCUT2D eigenvalue weighted by molar-refractivity contribution is -0.139. The number of hydrogen-bond donors (Lipinski definition) is 2. The minimum atomic E-state index is -1.10. The van der Waals surface area contributed by atoms with Crippen LogP contribution in [0.2, 0.25) is 0 Å². The summed E-state index contributed by atoms with van der Waals surface area (Å²) in [6, 6.07) is 5.34. The molecule has 0 bridgehead atoms. The molecule has 1 aromatic carbocycles. The van der Waals surface area contributed by atoms with E-state index in [2.05, 4.69) is 10.3 Å². The molecule has 5 nitrogen and oxygen atoms in total. The average molecular weight is 308 g/mol. The Kier molecular flexibility index (Phi) is 5.10. The molecule has 2 rings (SSSR count). The van der Waals surface area contributed by atoms with Gasteiger partial charge >= 0.3 is 5.97 Å². The van der Waals surface area contributed by atoms with Crippen LogP contribution in [0.15, 0.2) is 30.5 Å². The van der Waals surface area contributed by atoms with Crippen LogP contribution in [0.3, 0.4) is 0 Å². The third-order valence-corrected chi connectivity index (χ3v) is 3.94. The number of carbonyl (C=O) groups is 2. The second-order valence-corrected chi connectivity index (χ2v) is 5.36. The summed E-state index contributed by atoms with van der Waals surface area (Å²) < 4.78 is 13.5. The predicted octanol–water partition coefficient (Wildman–Crippen LogP) is 1.81. The van der Waals surface area contributed by atoms with Crippen LogP contribution in [0.25, 0.3) is 10.9 Å². The lowest BCUT2D eigenvalue weighted by atomic mass is 10.1. The Morgan fingerprint density at radius 2 is 2.33 bits per heavy atom. The largest absolute Gasteiger partial charge is 0.480 e. The Hall–Kier alpha value is -2.15. The zero-order valence-electron chi connectivity index (χ0n) is 11.0. The number of pyridine rings is 1. The van der Waals surface area contributed by atoms with Crippen LogP contribution >= 0.6 is 11.8 Å². The molecule has 1 amide bonds. The first kappa shape index (κ1) is 15.2. The van der Waals surface area contributed by atoms with Gasteiger partial charge in [0.05, 0.1) is 5.52 Å². The second kappa shape index (κ2) is 7.03. The van der Waals surface area contributed by atoms with Crippen molar-refractivity contribution in [2.24, 2.45) is 0 Å². The van der Waals surface area contributed by atoms with Crippen molar-refractivity contribution in [2.75, 3.05) is 5.75 Å². The molecule has 7 heteroatoms. The van der Waals surface area contributed by atoms with Crippen molar-refractivity contribution >= 4 is 35.0 Å². The first-order valence-corrected chi connectivity index (χ1v) is 7.30. The summed E-state index contributed by atoms with van der Waals surface area (Å²) in [5.74, 6) is -0.849. The standard InChI is InChI=1S/C14H13FN2O3S/c15-11-4-9-2-1-3-16-13(9)10(5-11)6-21-7-12(14(19)20)17-8-18/h1-5,8,12H,6-7H2,(H,17,18)(H,19,20). The number of nitrogens with one attached hydrogen (secondary N) is 1. The van der Waals surface area contributed by atoms with Gasteiger partial charge in [-0.1, -0.05) is 6.07 Å². The molecule has 0 aliphatic heterocycles. The van der Waals surface area contributed by atoms with E-state index in [4.69, 9.17) is 5.11 Å². The Labute approximate surface area is 124 Å². The lowest BCUT2D eigenvalue weighted by Gasteiger charge is -2.11. The van der Waals surface area contributed by atoms with E-state index in [-0.39, 0.29) is 11.6 Å². The number of hydrogen-bond acceptors (Lipinski definition) is 4. The number of thioether (sulfide) groups is 1. The van der Waals surface area contributed by atoms with Crippen LogP contribution in [0.4, 0.5) is 4.39 Å². The molecule has 0 aliphatic carbocycles. The molecular formula is C14H13FN2O3S. The topological polar surface area (TPSA) is 79.3 Å². The highest BCUT2D eigenvalue weighted by atomic mass is 32.2. The fourth-order valence-electron chi connectivity index (χ4n) is 1.90. The number of halogens is 1. The summed E-state index contributed by atoms with van der Waals surface area (Å²) >= 11 is 1.30. The summed E-state index contributed by atoms with van der Waals surface area (Å²) in [5.41, 5.74) is 1.40. The summed E-state index contributed by atoms with van der Waals surface area (Å²) in [6.45, 7) is 0. The van der Waals surface area contributed by atoms with Crippen molar-refractivity contribution in [3.8, 4) is 0 Å². The Bertz CT molecular complexity index is 666. The highest BCUT2D eigenvalue weighted by molar-refractivity contribution is 7.98. The third-order valence-electron chi connectivity index (χ3n) is 2.86. The Balaban J connectivity index is 2.09. The van der Waals surface area contributed by atoms with Gasteiger partial charge in [0.25, 0.3) is 0 Å². The van der Waals surface area contributed by atoms with Crippen LogP contribution in [-0.4, -0.2) is 34.3 Å². The normalized spacial score (nSPS) is 12.0. The molecule has 1 heterocycles. The maximum atomic E-state index is 13.5. The first-order chi connectivity index (χ1) is 10.1. The van der Waals surface area contributed by atoms with E-state index in [1.165, 1.54) is 23.9 Å². The zero-order valence-corrected chi connectivity index (χ0v) is 11.8. The highest BCUT2D eigenvalue weighted by Crippen LogP contribution is 2.23. The molecule has 2 aromatic rings. The minimum Gasteiger partial charge on any atom is -0.480 e. The fraction of sp³-hybridized carbons (Fsp3) is 0.214. The molecule has 2 N–H and O–H groups in total. The van der Waals surface area contributed by atoms with Gasteiger partial charge in [-0.15, -0.1) is 0 Å². The van der Waals surface area contributed by atoms with Gasteiger partial charge in [-0.3, -0.25) is 9.78 Å². The quantitative estimate of drug-likeness (QED) is 0.763. The van der Waals surface area contributed by atoms with E-state index >= 15 is 0 Å². The molecule has 0 fully saturated rings. The Morgan fingerprint density at radius 1 is 1.52 bits per heavy atom. The van der Waals surface area contributed by atoms with Gasteiger partial charge in [-0.25, -0.2) is 9.18 Å². The molecule has 1 unspecified atom stereocenters. The third kappa shape index (κ3) is 3.91. The van der Waals surface area contributed by atoms with Gasteiger partial charge in [-0.2, -0.15) is 11.8 Å². The number of carbonyl (C=O) groups excluding carboxylic acids is 1. The van der Waals surface area contributed by atoms with Gasteiger partial charge in [-0.05, 0) is 23.8 Å². The molecule has 0 aliphatic rings. The number of nitrogens with zero attached hydrogens (tertiary/aromatic N) is 1. The van der Waals surface area contributed by atoms with E-state index in [1.807, 2.05) is 0 Å². The SMILES string of the molecule is O=CNC(CSCc1cc(F)cc2cccnc12)C(=O)O. The molecule has 21 heavy (non-hydrogen) atoms. The van der Waals surface area contributed by atoms with E-state index in [0.29, 0.717) is 28.6 Å². The van der Waals surface area contributed by atoms with Crippen molar-refractivity contribution in [3.05, 3.63) is 41.8 Å². The Morgan fingerprint density at radius 3 is 3.05 bits per heavy atom. The average Bonchev–Trinajstić information content (AvgIpc) is 2.45. The van der Waals surface area contributed by atoms with Crippen molar-refractivity contribution in [1.82, 2.24) is 10.3 Å². The lowest BCUT2D eigenvalue weighted by Crippen LogP contribution is -2.37. The van der Waals surface area contributed by atoms with E-state index in [0.717, 1.165) is 0 Å². The maximum Gasteiger partial charge on any atom is 0.327 e. The number of aliphatic carboxylic acids is 1. The molecule has 0 saturated heterocycles. The number of carboxylic acids is 1. The number of amides is 1. The second-order valence-electron chi connectivity index (χ2n) is 4.33. The van der Waals surface area contributed by atoms with Gasteiger partial charge < -0.3 is 10.4 Å². The van der Waals surface area contributed by atoms with Crippen LogP contribution in [0.1, 0.15) is 5.56 Å². The van der Waals surface area contributed by atoms with Crippen molar-refractivity contribution < 1.29 is 19.1 Å². The summed E-state index contributed by atoms with van der Waals surface area (Å²) in [6.07, 6.45) is 1.99. The van der Waals surface area contributed by atoms with Gasteiger partial charge in [0, 0.05) is 23.1 Å². The highest BCUT2D eigenvalue weighted by Gasteiger charge is 2.16. The van der Waals surface area contributed by atoms with Crippen LogP contribution in [0, 0.1) is 5.82 Å². The van der Waals surface area contributed by atoms with E-state index in [9.17, 15) is 14.0 Å². The summed E-state index contributed by atoms with van der Waals surface area (Å²) in [4.78, 5) is 25.4. The molecule has 0 saturated carbocycles. The number of fused-ring (bicyclic) bond motifs is 1. The van der Waals surface area contributed by atoms with Crippen LogP contribution < -0.4 is 5.32 Å². The van der Waals surface area contributed by atoms with Crippen molar-refractivity contribution in [3.63, 3.8) is 0 Å². The van der Waals surface area contributed by atoms with Gasteiger partial charge in [0.15, 0.2) is 0 Å². The van der Waals surface area contributed by atoms with Crippen LogP contribution in [-0.2, 0) is 15.3 Å². The maximum absolute atomic E-state index is 13.5. The van der Waals surface area contributed by atoms with Gasteiger partial charge in [0.1, 0.15) is 11.9 Å². The number of benzene rings is 1. The number of aromatic nitrogens is 1. The number of carboxylic acid groups (broad SMARTS) is 1. The monoisotopic (exact) mass is 308 g/mol. The van der Waals surface area contributed by atoms with Gasteiger partial charge in [0.2, 0.25) is 6.41 Å². The smallest absolute Gasteiger partial charge is 0.327 e. The van der Waals surface area contributed by atoms with Crippen molar-refractivity contribution in [2.45, 2.75) is 11.8 Å². The minimum absolute atomic E-state index is 0.193. The van der Waals surface area contributed by atoms with E-state index < -0.39 is 12.0 Å². The summed E-state index contributed by atoms with van der Waals surface area (Å²) in [5, 5.41) is 11.8. The molecule has 0 spiro atoms. The predicted molar refractivity (Wildman–Crippen MR) is 78.5 cm³/mol. The molecule has 1 aromatic heterocycles. The molecule has 110 valence electrons. The molecule has 1 atom stereocenters.